The van der Waals surface area contributed by atoms with Crippen molar-refractivity contribution in [3.8, 4) is 0 Å². The highest BCUT2D eigenvalue weighted by Gasteiger charge is 2.25. The molecule has 2 heterocycles. The lowest BCUT2D eigenvalue weighted by atomic mass is 10.1. The number of hydrogen-bond acceptors (Lipinski definition) is 4. The fraction of sp³-hybridized carbons (Fsp3) is 0. The van der Waals surface area contributed by atoms with Crippen LogP contribution in [0.4, 0.5) is 11.6 Å². The standard InChI is InChI=1S/C15H11N5O/c21-14-13(9-5-1-2-6-10(9)16-14)19-20-15-17-11-7-3-4-8-12(11)18-15/h1-8H,(H,16,19,21)(H2,17,18,20). The van der Waals surface area contributed by atoms with Gasteiger partial charge in [0.2, 0.25) is 5.95 Å². The number of anilines is 2. The van der Waals surface area contributed by atoms with Gasteiger partial charge < -0.3 is 10.3 Å². The first kappa shape index (κ1) is 11.7. The molecule has 2 aromatic carbocycles. The molecule has 0 bridgehead atoms. The number of nitrogens with zero attached hydrogens (tertiary/aromatic N) is 2. The molecule has 0 unspecified atom stereocenters. The molecule has 0 radical (unpaired) electrons. The van der Waals surface area contributed by atoms with Gasteiger partial charge in [-0.25, -0.2) is 10.4 Å². The summed E-state index contributed by atoms with van der Waals surface area (Å²) in [6.45, 7) is 0. The number of fused-ring (bicyclic) bond motifs is 2. The van der Waals surface area contributed by atoms with Gasteiger partial charge in [0.15, 0.2) is 5.71 Å². The predicted octanol–water partition coefficient (Wildman–Crippen LogP) is 2.33. The molecule has 21 heavy (non-hydrogen) atoms. The SMILES string of the molecule is O=C1Nc2ccccc2/C1=N/Nc1nc2ccccc2[nH]1. The van der Waals surface area contributed by atoms with Crippen LogP contribution in [-0.4, -0.2) is 21.6 Å². The Morgan fingerprint density at radius 3 is 2.76 bits per heavy atom. The van der Waals surface area contributed by atoms with Gasteiger partial charge >= 0.3 is 0 Å². The highest BCUT2D eigenvalue weighted by atomic mass is 16.2. The van der Waals surface area contributed by atoms with Crippen molar-refractivity contribution in [2.45, 2.75) is 0 Å². The van der Waals surface area contributed by atoms with Crippen LogP contribution in [0, 0.1) is 0 Å². The zero-order chi connectivity index (χ0) is 14.2. The third-order valence-electron chi connectivity index (χ3n) is 3.31. The largest absolute Gasteiger partial charge is 0.323 e. The van der Waals surface area contributed by atoms with Gasteiger partial charge in [0.25, 0.3) is 5.91 Å². The molecule has 0 fully saturated rings. The number of aromatic amines is 1. The maximum absolute atomic E-state index is 11.9. The zero-order valence-corrected chi connectivity index (χ0v) is 10.9. The summed E-state index contributed by atoms with van der Waals surface area (Å²) in [4.78, 5) is 19.4. The molecule has 0 saturated carbocycles. The third kappa shape index (κ3) is 1.93. The number of H-pyrrole nitrogens is 1. The summed E-state index contributed by atoms with van der Waals surface area (Å²) in [6.07, 6.45) is 0. The van der Waals surface area contributed by atoms with E-state index in [0.29, 0.717) is 11.7 Å². The topological polar surface area (TPSA) is 82.2 Å². The van der Waals surface area contributed by atoms with Gasteiger partial charge in [0.1, 0.15) is 0 Å². The Morgan fingerprint density at radius 1 is 1.05 bits per heavy atom. The zero-order valence-electron chi connectivity index (χ0n) is 10.9. The Balaban J connectivity index is 1.67. The van der Waals surface area contributed by atoms with Crippen molar-refractivity contribution < 1.29 is 4.79 Å². The Hall–Kier alpha value is -3.15. The number of rotatable bonds is 2. The van der Waals surface area contributed by atoms with E-state index < -0.39 is 0 Å². The summed E-state index contributed by atoms with van der Waals surface area (Å²) >= 11 is 0. The fourth-order valence-electron chi connectivity index (χ4n) is 2.33. The monoisotopic (exact) mass is 277 g/mol. The van der Waals surface area contributed by atoms with Crippen molar-refractivity contribution in [1.82, 2.24) is 9.97 Å². The minimum Gasteiger partial charge on any atom is -0.323 e. The molecular weight excluding hydrogens is 266 g/mol. The molecule has 0 aliphatic carbocycles. The van der Waals surface area contributed by atoms with Crippen molar-refractivity contribution in [2.75, 3.05) is 10.7 Å². The first-order chi connectivity index (χ1) is 10.3. The molecule has 0 atom stereocenters. The van der Waals surface area contributed by atoms with Crippen LogP contribution in [-0.2, 0) is 4.79 Å². The minimum absolute atomic E-state index is 0.222. The van der Waals surface area contributed by atoms with E-state index in [1.54, 1.807) is 0 Å². The van der Waals surface area contributed by atoms with E-state index in [1.165, 1.54) is 0 Å². The molecule has 6 nitrogen and oxygen atoms in total. The van der Waals surface area contributed by atoms with E-state index in [2.05, 4.69) is 25.8 Å². The van der Waals surface area contributed by atoms with Crippen LogP contribution in [0.15, 0.2) is 53.6 Å². The Labute approximate surface area is 119 Å². The third-order valence-corrected chi connectivity index (χ3v) is 3.31. The number of aromatic nitrogens is 2. The van der Waals surface area contributed by atoms with Crippen LogP contribution in [0.1, 0.15) is 5.56 Å². The lowest BCUT2D eigenvalue weighted by Crippen LogP contribution is -2.16. The second-order valence-corrected chi connectivity index (χ2v) is 4.67. The predicted molar refractivity (Wildman–Crippen MR) is 81.3 cm³/mol. The Kier molecular flexibility index (Phi) is 2.47. The number of amides is 1. The van der Waals surface area contributed by atoms with Crippen LogP contribution >= 0.6 is 0 Å². The van der Waals surface area contributed by atoms with Gasteiger partial charge in [0.05, 0.1) is 16.7 Å². The number of hydrazone groups is 1. The molecule has 3 aromatic rings. The molecule has 4 rings (SSSR count). The van der Waals surface area contributed by atoms with Crippen molar-refractivity contribution in [1.29, 1.82) is 0 Å². The van der Waals surface area contributed by atoms with Gasteiger partial charge in [-0.05, 0) is 18.2 Å². The van der Waals surface area contributed by atoms with E-state index in [9.17, 15) is 4.79 Å². The Bertz CT molecular complexity index is 847. The molecule has 1 amide bonds. The van der Waals surface area contributed by atoms with Gasteiger partial charge in [-0.3, -0.25) is 4.79 Å². The molecule has 0 spiro atoms. The van der Waals surface area contributed by atoms with Crippen LogP contribution in [0.25, 0.3) is 11.0 Å². The highest BCUT2D eigenvalue weighted by Crippen LogP contribution is 2.22. The average molecular weight is 277 g/mol. The van der Waals surface area contributed by atoms with Crippen molar-refractivity contribution in [2.24, 2.45) is 5.10 Å². The molecule has 6 heteroatoms. The van der Waals surface area contributed by atoms with E-state index in [0.717, 1.165) is 22.3 Å². The van der Waals surface area contributed by atoms with Crippen LogP contribution in [0.5, 0.6) is 0 Å². The smallest absolute Gasteiger partial charge is 0.276 e. The van der Waals surface area contributed by atoms with Crippen molar-refractivity contribution in [3.05, 3.63) is 54.1 Å². The maximum atomic E-state index is 11.9. The van der Waals surface area contributed by atoms with E-state index >= 15 is 0 Å². The molecule has 1 aromatic heterocycles. The van der Waals surface area contributed by atoms with E-state index in [4.69, 9.17) is 0 Å². The second-order valence-electron chi connectivity index (χ2n) is 4.67. The maximum Gasteiger partial charge on any atom is 0.276 e. The Morgan fingerprint density at radius 2 is 1.86 bits per heavy atom. The van der Waals surface area contributed by atoms with E-state index in [1.807, 2.05) is 48.5 Å². The van der Waals surface area contributed by atoms with Crippen molar-refractivity contribution >= 4 is 34.3 Å². The van der Waals surface area contributed by atoms with Crippen molar-refractivity contribution in [3.63, 3.8) is 0 Å². The number of para-hydroxylation sites is 3. The minimum atomic E-state index is -0.222. The first-order valence-corrected chi connectivity index (χ1v) is 6.50. The molecule has 0 saturated heterocycles. The molecule has 3 N–H and O–H groups in total. The first-order valence-electron chi connectivity index (χ1n) is 6.50. The summed E-state index contributed by atoms with van der Waals surface area (Å²) in [5.74, 6) is 0.278. The van der Waals surface area contributed by atoms with Gasteiger partial charge in [-0.15, -0.1) is 0 Å². The quantitative estimate of drug-likeness (QED) is 0.629. The van der Waals surface area contributed by atoms with Crippen LogP contribution in [0.3, 0.4) is 0 Å². The number of carbonyl (C=O) groups excluding carboxylic acids is 1. The lowest BCUT2D eigenvalue weighted by Gasteiger charge is -1.97. The fourth-order valence-corrected chi connectivity index (χ4v) is 2.33. The second kappa shape index (κ2) is 4.45. The summed E-state index contributed by atoms with van der Waals surface area (Å²) in [6, 6.07) is 15.1. The summed E-state index contributed by atoms with van der Waals surface area (Å²) in [7, 11) is 0. The average Bonchev–Trinajstić information content (AvgIpc) is 3.04. The summed E-state index contributed by atoms with van der Waals surface area (Å²) < 4.78 is 0. The molecule has 1 aliphatic heterocycles. The van der Waals surface area contributed by atoms with E-state index in [-0.39, 0.29) is 5.91 Å². The molecular formula is C15H11N5O. The number of hydrogen-bond donors (Lipinski definition) is 3. The number of imidazole rings is 1. The molecule has 102 valence electrons. The number of nitrogens with one attached hydrogen (secondary N) is 3. The van der Waals surface area contributed by atoms with Crippen LogP contribution < -0.4 is 10.7 Å². The summed E-state index contributed by atoms with van der Waals surface area (Å²) in [5, 5.41) is 6.94. The lowest BCUT2D eigenvalue weighted by molar-refractivity contribution is -0.110. The van der Waals surface area contributed by atoms with Crippen LogP contribution in [0.2, 0.25) is 0 Å². The number of carbonyl (C=O) groups is 1. The van der Waals surface area contributed by atoms with Gasteiger partial charge in [-0.2, -0.15) is 5.10 Å². The molecule has 1 aliphatic rings. The van der Waals surface area contributed by atoms with Gasteiger partial charge in [-0.1, -0.05) is 30.3 Å². The highest BCUT2D eigenvalue weighted by molar-refractivity contribution is 6.53. The summed E-state index contributed by atoms with van der Waals surface area (Å²) in [5.41, 5.74) is 6.47. The normalized spacial score (nSPS) is 15.2. The van der Waals surface area contributed by atoms with Gasteiger partial charge in [0, 0.05) is 5.56 Å². The number of benzene rings is 2.